The molecule has 4 rings (SSSR count). The Hall–Kier alpha value is -1.94. The lowest BCUT2D eigenvalue weighted by Crippen LogP contribution is -1.87. The molecule has 3 nitrogen and oxygen atoms in total. The fourth-order valence-corrected chi connectivity index (χ4v) is 3.56. The molecule has 88 valence electrons. The largest absolute Gasteiger partial charge is 0.348 e. The van der Waals surface area contributed by atoms with Gasteiger partial charge in [0, 0.05) is 35.2 Å². The number of rotatable bonds is 2. The normalized spacial score (nSPS) is 12.4. The summed E-state index contributed by atoms with van der Waals surface area (Å²) >= 11 is 1.82. The van der Waals surface area contributed by atoms with Crippen LogP contribution in [0.2, 0.25) is 0 Å². The molecule has 3 aromatic rings. The number of fused-ring (bicyclic) bond motifs is 3. The Labute approximate surface area is 109 Å². The number of nitrogens with one attached hydrogen (secondary N) is 1. The van der Waals surface area contributed by atoms with E-state index < -0.39 is 0 Å². The highest BCUT2D eigenvalue weighted by atomic mass is 32.1. The van der Waals surface area contributed by atoms with Crippen molar-refractivity contribution in [2.45, 2.75) is 12.8 Å². The lowest BCUT2D eigenvalue weighted by Gasteiger charge is -1.97. The summed E-state index contributed by atoms with van der Waals surface area (Å²) in [6.45, 7) is 0. The predicted molar refractivity (Wildman–Crippen MR) is 71.7 cm³/mol. The van der Waals surface area contributed by atoms with E-state index in [9.17, 15) is 0 Å². The molecule has 0 saturated heterocycles. The van der Waals surface area contributed by atoms with Gasteiger partial charge in [0.25, 0.3) is 0 Å². The number of aromatic nitrogens is 3. The van der Waals surface area contributed by atoms with Gasteiger partial charge in [-0.15, -0.1) is 11.3 Å². The van der Waals surface area contributed by atoms with Gasteiger partial charge in [-0.25, -0.2) is 9.97 Å². The van der Waals surface area contributed by atoms with Crippen LogP contribution in [0, 0.1) is 0 Å². The van der Waals surface area contributed by atoms with Crippen LogP contribution in [0.5, 0.6) is 0 Å². The van der Waals surface area contributed by atoms with Crippen molar-refractivity contribution in [2.75, 3.05) is 0 Å². The molecule has 18 heavy (non-hydrogen) atoms. The Morgan fingerprint density at radius 2 is 2.22 bits per heavy atom. The first-order chi connectivity index (χ1) is 8.90. The molecule has 0 atom stereocenters. The maximum atomic E-state index is 4.78. The molecule has 0 saturated carbocycles. The van der Waals surface area contributed by atoms with Crippen LogP contribution >= 0.6 is 11.3 Å². The van der Waals surface area contributed by atoms with Crippen molar-refractivity contribution >= 4 is 11.3 Å². The number of thiazole rings is 1. The minimum atomic E-state index is 0.847. The Morgan fingerprint density at radius 1 is 1.28 bits per heavy atom. The lowest BCUT2D eigenvalue weighted by molar-refractivity contribution is 1.08. The molecule has 0 fully saturated rings. The summed E-state index contributed by atoms with van der Waals surface area (Å²) in [5.74, 6) is 0. The highest BCUT2D eigenvalue weighted by molar-refractivity contribution is 7.12. The van der Waals surface area contributed by atoms with Crippen LogP contribution in [-0.2, 0) is 12.8 Å². The smallest absolute Gasteiger partial charge is 0.0994 e. The van der Waals surface area contributed by atoms with Gasteiger partial charge in [-0.1, -0.05) is 24.3 Å². The summed E-state index contributed by atoms with van der Waals surface area (Å²) in [5.41, 5.74) is 5.01. The number of aromatic amines is 1. The molecule has 1 N–H and O–H groups in total. The first kappa shape index (κ1) is 10.0. The first-order valence-corrected chi connectivity index (χ1v) is 6.76. The molecule has 2 aromatic heterocycles. The number of H-pyrrole nitrogens is 1. The third-order valence-electron chi connectivity index (χ3n) is 3.26. The molecule has 0 unspecified atom stereocenters. The molecule has 2 heterocycles. The van der Waals surface area contributed by atoms with E-state index in [1.807, 2.05) is 17.5 Å². The van der Waals surface area contributed by atoms with Gasteiger partial charge in [-0.3, -0.25) is 0 Å². The average Bonchev–Trinajstić information content (AvgIpc) is 3.05. The number of hydrogen-bond donors (Lipinski definition) is 1. The van der Waals surface area contributed by atoms with Crippen molar-refractivity contribution in [3.05, 3.63) is 57.9 Å². The molecule has 0 aliphatic heterocycles. The zero-order valence-corrected chi connectivity index (χ0v) is 10.5. The Morgan fingerprint density at radius 3 is 3.11 bits per heavy atom. The second-order valence-electron chi connectivity index (χ2n) is 4.47. The number of imidazole rings is 1. The molecule has 1 aromatic carbocycles. The molecular weight excluding hydrogens is 242 g/mol. The van der Waals surface area contributed by atoms with Gasteiger partial charge in [0.1, 0.15) is 0 Å². The second-order valence-corrected chi connectivity index (χ2v) is 5.64. The Balaban J connectivity index is 1.72. The zero-order chi connectivity index (χ0) is 11.9. The van der Waals surface area contributed by atoms with Crippen LogP contribution < -0.4 is 0 Å². The van der Waals surface area contributed by atoms with Crippen molar-refractivity contribution in [1.82, 2.24) is 15.0 Å². The van der Waals surface area contributed by atoms with Crippen LogP contribution in [0.3, 0.4) is 0 Å². The Bertz CT molecular complexity index is 698. The summed E-state index contributed by atoms with van der Waals surface area (Å²) in [6, 6.07) is 8.54. The van der Waals surface area contributed by atoms with Gasteiger partial charge in [-0.2, -0.15) is 0 Å². The molecule has 0 amide bonds. The van der Waals surface area contributed by atoms with E-state index in [0.717, 1.165) is 18.5 Å². The maximum absolute atomic E-state index is 4.78. The maximum Gasteiger partial charge on any atom is 0.0994 e. The summed E-state index contributed by atoms with van der Waals surface area (Å²) in [5, 5.41) is 1.17. The fraction of sp³-hybridized carbons (Fsp3) is 0.143. The molecule has 0 radical (unpaired) electrons. The quantitative estimate of drug-likeness (QED) is 0.596. The summed E-state index contributed by atoms with van der Waals surface area (Å²) in [4.78, 5) is 13.3. The summed E-state index contributed by atoms with van der Waals surface area (Å²) in [7, 11) is 0. The van der Waals surface area contributed by atoms with Crippen LogP contribution in [-0.4, -0.2) is 15.0 Å². The van der Waals surface area contributed by atoms with Crippen LogP contribution in [0.25, 0.3) is 11.3 Å². The Kier molecular flexibility index (Phi) is 2.11. The van der Waals surface area contributed by atoms with Gasteiger partial charge in [0.2, 0.25) is 0 Å². The van der Waals surface area contributed by atoms with Gasteiger partial charge >= 0.3 is 0 Å². The average molecular weight is 253 g/mol. The van der Waals surface area contributed by atoms with Gasteiger partial charge < -0.3 is 4.98 Å². The summed E-state index contributed by atoms with van der Waals surface area (Å²) < 4.78 is 0. The van der Waals surface area contributed by atoms with Gasteiger partial charge in [0.05, 0.1) is 17.0 Å². The van der Waals surface area contributed by atoms with E-state index in [1.54, 1.807) is 6.33 Å². The van der Waals surface area contributed by atoms with E-state index in [2.05, 4.69) is 34.2 Å². The number of hydrogen-bond acceptors (Lipinski definition) is 3. The third-order valence-corrected chi connectivity index (χ3v) is 4.32. The van der Waals surface area contributed by atoms with E-state index >= 15 is 0 Å². The van der Waals surface area contributed by atoms with Crippen LogP contribution in [0.1, 0.15) is 21.1 Å². The molecule has 1 aliphatic carbocycles. The lowest BCUT2D eigenvalue weighted by atomic mass is 10.1. The van der Waals surface area contributed by atoms with E-state index in [4.69, 9.17) is 4.98 Å². The fourth-order valence-electron chi connectivity index (χ4n) is 2.43. The molecule has 0 spiro atoms. The van der Waals surface area contributed by atoms with E-state index in [-0.39, 0.29) is 0 Å². The van der Waals surface area contributed by atoms with Crippen molar-refractivity contribution in [1.29, 1.82) is 0 Å². The van der Waals surface area contributed by atoms with Crippen molar-refractivity contribution in [2.24, 2.45) is 0 Å². The highest BCUT2D eigenvalue weighted by Crippen LogP contribution is 2.39. The SMILES string of the molecule is c1ccc2c(c1)Cc1sc(Cc3cnc[nH]3)nc1-2. The standard InChI is InChI=1S/C14H11N3S/c1-2-4-11-9(3-1)5-12-14(11)17-13(18-12)6-10-7-15-8-16-10/h1-4,7-8H,5-6H2,(H,15,16). The molecular formula is C14H11N3S. The van der Waals surface area contributed by atoms with Crippen molar-refractivity contribution < 1.29 is 0 Å². The predicted octanol–water partition coefficient (Wildman–Crippen LogP) is 3.03. The van der Waals surface area contributed by atoms with E-state index in [1.165, 1.54) is 26.7 Å². The number of nitrogens with zero attached hydrogens (tertiary/aromatic N) is 2. The topological polar surface area (TPSA) is 41.6 Å². The van der Waals surface area contributed by atoms with Crippen molar-refractivity contribution in [3.8, 4) is 11.3 Å². The highest BCUT2D eigenvalue weighted by Gasteiger charge is 2.22. The molecule has 1 aliphatic rings. The van der Waals surface area contributed by atoms with Gasteiger partial charge in [-0.05, 0) is 5.56 Å². The number of benzene rings is 1. The molecule has 4 heteroatoms. The monoisotopic (exact) mass is 253 g/mol. The minimum absolute atomic E-state index is 0.847. The first-order valence-electron chi connectivity index (χ1n) is 5.94. The zero-order valence-electron chi connectivity index (χ0n) is 9.68. The summed E-state index contributed by atoms with van der Waals surface area (Å²) in [6.07, 6.45) is 5.46. The van der Waals surface area contributed by atoms with Crippen LogP contribution in [0.15, 0.2) is 36.8 Å². The second kappa shape index (κ2) is 3.78. The molecule has 0 bridgehead atoms. The van der Waals surface area contributed by atoms with Crippen LogP contribution in [0.4, 0.5) is 0 Å². The minimum Gasteiger partial charge on any atom is -0.348 e. The van der Waals surface area contributed by atoms with Crippen molar-refractivity contribution in [3.63, 3.8) is 0 Å². The van der Waals surface area contributed by atoms with Gasteiger partial charge in [0.15, 0.2) is 0 Å². The van der Waals surface area contributed by atoms with E-state index in [0.29, 0.717) is 0 Å². The third kappa shape index (κ3) is 1.49.